The number of nitrogens with zero attached hydrogens (tertiary/aromatic N) is 1. The number of halogens is 2. The molecule has 7 nitrogen and oxygen atoms in total. The van der Waals surface area contributed by atoms with Crippen molar-refractivity contribution < 1.29 is 19.1 Å². The molecule has 0 radical (unpaired) electrons. The van der Waals surface area contributed by atoms with Gasteiger partial charge < -0.3 is 15.0 Å². The predicted octanol–water partition coefficient (Wildman–Crippen LogP) is 10.7. The maximum absolute atomic E-state index is 14.1. The van der Waals surface area contributed by atoms with Crippen molar-refractivity contribution in [2.75, 3.05) is 18.9 Å². The van der Waals surface area contributed by atoms with Gasteiger partial charge in [-0.1, -0.05) is 56.1 Å². The number of benzene rings is 2. The van der Waals surface area contributed by atoms with Crippen molar-refractivity contribution in [2.45, 2.75) is 111 Å². The van der Waals surface area contributed by atoms with Gasteiger partial charge in [-0.25, -0.2) is 4.79 Å². The highest BCUT2D eigenvalue weighted by Gasteiger charge is 2.64. The molecular formula is C44H59Cl2N3O4. The minimum atomic E-state index is -0.380. The first-order valence-corrected chi connectivity index (χ1v) is 20.6. The molecule has 0 bridgehead atoms. The molecule has 4 aliphatic carbocycles. The van der Waals surface area contributed by atoms with E-state index in [1.54, 1.807) is 29.2 Å². The van der Waals surface area contributed by atoms with E-state index in [0.29, 0.717) is 64.1 Å². The summed E-state index contributed by atoms with van der Waals surface area (Å²) in [5.74, 6) is 2.65. The average Bonchev–Trinajstić information content (AvgIpc) is 3.45. The van der Waals surface area contributed by atoms with Crippen LogP contribution in [0.2, 0.25) is 10.0 Å². The van der Waals surface area contributed by atoms with Gasteiger partial charge in [-0.3, -0.25) is 14.9 Å². The Balaban J connectivity index is 1.21. The number of likely N-dealkylation sites (N-methyl/N-ethyl adjacent to an activating group) is 1. The Bertz CT molecular complexity index is 1670. The fraction of sp³-hybridized carbons (Fsp3) is 0.614. The number of rotatable bonds is 10. The number of carbonyl (C=O) groups excluding carboxylic acids is 3. The lowest BCUT2D eigenvalue weighted by Gasteiger charge is -2.63. The minimum Gasteiger partial charge on any atom is -0.446 e. The number of carbonyl (C=O) groups is 3. The highest BCUT2D eigenvalue weighted by molar-refractivity contribution is 6.35. The van der Waals surface area contributed by atoms with E-state index in [0.717, 1.165) is 74.6 Å². The predicted molar refractivity (Wildman–Crippen MR) is 214 cm³/mol. The van der Waals surface area contributed by atoms with Crippen LogP contribution in [0.15, 0.2) is 49.1 Å². The van der Waals surface area contributed by atoms with Gasteiger partial charge in [0, 0.05) is 47.4 Å². The van der Waals surface area contributed by atoms with Gasteiger partial charge in [-0.15, -0.1) is 6.58 Å². The first-order valence-electron chi connectivity index (χ1n) is 19.8. The van der Waals surface area contributed by atoms with Crippen molar-refractivity contribution in [1.29, 1.82) is 0 Å². The van der Waals surface area contributed by atoms with Gasteiger partial charge in [0.15, 0.2) is 0 Å². The second kappa shape index (κ2) is 16.0. The van der Waals surface area contributed by atoms with Gasteiger partial charge in [0.05, 0.1) is 0 Å². The highest BCUT2D eigenvalue weighted by atomic mass is 35.5. The molecule has 2 N–H and O–H groups in total. The maximum atomic E-state index is 14.1. The van der Waals surface area contributed by atoms with Crippen LogP contribution in [0.3, 0.4) is 0 Å². The Kier molecular flexibility index (Phi) is 12.0. The summed E-state index contributed by atoms with van der Waals surface area (Å²) < 4.78 is 6.08. The van der Waals surface area contributed by atoms with Crippen LogP contribution in [-0.2, 0) is 9.53 Å². The zero-order valence-corrected chi connectivity index (χ0v) is 34.0. The summed E-state index contributed by atoms with van der Waals surface area (Å²) in [5, 5.41) is 7.43. The Hall–Kier alpha value is -3.03. The lowest BCUT2D eigenvalue weighted by atomic mass is 9.43. The minimum absolute atomic E-state index is 0.0405. The molecule has 6 rings (SSSR count). The average molecular weight is 765 g/mol. The van der Waals surface area contributed by atoms with E-state index in [-0.39, 0.29) is 40.9 Å². The van der Waals surface area contributed by atoms with Crippen LogP contribution in [0.5, 0.6) is 0 Å². The van der Waals surface area contributed by atoms with Gasteiger partial charge in [0.2, 0.25) is 5.91 Å². The number of amides is 3. The third-order valence-electron chi connectivity index (χ3n) is 14.3. The summed E-state index contributed by atoms with van der Waals surface area (Å²) >= 11 is 12.7. The third-order valence-corrected chi connectivity index (χ3v) is 14.8. The number of hydrogen-bond acceptors (Lipinski definition) is 4. The van der Waals surface area contributed by atoms with Gasteiger partial charge in [-0.2, -0.15) is 0 Å². The molecule has 0 heterocycles. The van der Waals surface area contributed by atoms with Crippen LogP contribution < -0.4 is 10.6 Å². The number of hydrogen-bond donors (Lipinski definition) is 2. The molecule has 288 valence electrons. The first kappa shape index (κ1) is 39.7. The van der Waals surface area contributed by atoms with E-state index in [1.165, 1.54) is 0 Å². The maximum Gasteiger partial charge on any atom is 0.411 e. The molecule has 0 saturated heterocycles. The summed E-state index contributed by atoms with van der Waals surface area (Å²) in [6.07, 6.45) is 10.7. The second-order valence-corrected chi connectivity index (χ2v) is 18.4. The number of anilines is 1. The standard InChI is InChI=1S/C44H59Cl2N3O4/c1-8-17-49(7)40(50)14-9-28(4)36-12-13-37-35-11-10-30-23-34(53-42(52)47-33-19-26(2)18-27(3)20-33)15-16-43(30,5)38(35)25-39(44(36,37)6)48-41(51)29-21-31(45)24-32(46)22-29/h8,18-22,24,28,30,34-39H,1,9-17,23,25H2,2-7H3,(H,47,52)(H,48,51)/t28-,30-,34-,35+,36-,37+,38+,39+,43+,44-/m1/s1. The molecule has 2 aromatic carbocycles. The van der Waals surface area contributed by atoms with Crippen molar-refractivity contribution in [3.63, 3.8) is 0 Å². The smallest absolute Gasteiger partial charge is 0.411 e. The molecule has 0 spiro atoms. The molecule has 2 aromatic rings. The van der Waals surface area contributed by atoms with Crippen LogP contribution in [-0.4, -0.2) is 48.5 Å². The number of nitrogens with one attached hydrogen (secondary N) is 2. The lowest BCUT2D eigenvalue weighted by Crippen LogP contribution is -2.62. The van der Waals surface area contributed by atoms with Gasteiger partial charge >= 0.3 is 6.09 Å². The highest BCUT2D eigenvalue weighted by Crippen LogP contribution is 2.68. The normalized spacial score (nSPS) is 32.3. The van der Waals surface area contributed by atoms with Gasteiger partial charge in [-0.05, 0) is 159 Å². The Morgan fingerprint density at radius 3 is 2.34 bits per heavy atom. The van der Waals surface area contributed by atoms with Crippen molar-refractivity contribution >= 4 is 46.8 Å². The second-order valence-electron chi connectivity index (χ2n) is 17.5. The molecule has 4 fully saturated rings. The van der Waals surface area contributed by atoms with E-state index in [4.69, 9.17) is 27.9 Å². The molecule has 3 amide bonds. The Morgan fingerprint density at radius 1 is 0.962 bits per heavy atom. The largest absolute Gasteiger partial charge is 0.446 e. The molecule has 0 unspecified atom stereocenters. The zero-order valence-electron chi connectivity index (χ0n) is 32.5. The molecule has 10 atom stereocenters. The van der Waals surface area contributed by atoms with Crippen molar-refractivity contribution in [3.05, 3.63) is 75.8 Å². The quantitative estimate of drug-likeness (QED) is 0.236. The number of aryl methyl sites for hydroxylation is 2. The summed E-state index contributed by atoms with van der Waals surface area (Å²) in [4.78, 5) is 41.8. The van der Waals surface area contributed by atoms with E-state index in [1.807, 2.05) is 33.0 Å². The topological polar surface area (TPSA) is 87.7 Å². The van der Waals surface area contributed by atoms with Crippen molar-refractivity contribution in [3.8, 4) is 0 Å². The summed E-state index contributed by atoms with van der Waals surface area (Å²) in [7, 11) is 1.84. The SMILES string of the molecule is C=CCN(C)C(=O)CC[C@@H](C)[C@H]1CC[C@H]2[C@@H]3CC[C@@H]4C[C@H](OC(=O)Nc5cc(C)cc(C)c5)CC[C@]4(C)[C@H]3C[C@H](NC(=O)c3cc(Cl)cc(Cl)c3)[C@]12C. The molecule has 9 heteroatoms. The lowest BCUT2D eigenvalue weighted by molar-refractivity contribution is -0.140. The van der Waals surface area contributed by atoms with Crippen LogP contribution in [0.25, 0.3) is 0 Å². The fourth-order valence-corrected chi connectivity index (χ4v) is 12.3. The fourth-order valence-electron chi connectivity index (χ4n) is 11.8. The molecule has 0 aromatic heterocycles. The monoisotopic (exact) mass is 763 g/mol. The van der Waals surface area contributed by atoms with E-state index >= 15 is 0 Å². The van der Waals surface area contributed by atoms with Crippen molar-refractivity contribution in [1.82, 2.24) is 10.2 Å². The summed E-state index contributed by atoms with van der Waals surface area (Å²) in [5.41, 5.74) is 3.42. The summed E-state index contributed by atoms with van der Waals surface area (Å²) in [6, 6.07) is 11.0. The third kappa shape index (κ3) is 8.17. The van der Waals surface area contributed by atoms with Gasteiger partial charge in [0.1, 0.15) is 6.10 Å². The molecule has 4 saturated carbocycles. The first-order chi connectivity index (χ1) is 25.1. The van der Waals surface area contributed by atoms with E-state index in [2.05, 4.69) is 44.1 Å². The Labute approximate surface area is 327 Å². The zero-order chi connectivity index (χ0) is 38.2. The summed E-state index contributed by atoms with van der Waals surface area (Å²) in [6.45, 7) is 15.6. The van der Waals surface area contributed by atoms with Crippen LogP contribution >= 0.6 is 23.2 Å². The number of ether oxygens (including phenoxy) is 1. The van der Waals surface area contributed by atoms with Crippen LogP contribution in [0.4, 0.5) is 10.5 Å². The van der Waals surface area contributed by atoms with E-state index in [9.17, 15) is 14.4 Å². The Morgan fingerprint density at radius 2 is 1.66 bits per heavy atom. The molecular weight excluding hydrogens is 705 g/mol. The van der Waals surface area contributed by atoms with Crippen molar-refractivity contribution in [2.24, 2.45) is 46.3 Å². The molecule has 4 aliphatic rings. The molecule has 53 heavy (non-hydrogen) atoms. The van der Waals surface area contributed by atoms with Gasteiger partial charge in [0.25, 0.3) is 5.91 Å². The number of fused-ring (bicyclic) bond motifs is 5. The molecule has 0 aliphatic heterocycles. The van der Waals surface area contributed by atoms with E-state index < -0.39 is 0 Å². The van der Waals surface area contributed by atoms with Crippen LogP contribution in [0.1, 0.15) is 106 Å². The van der Waals surface area contributed by atoms with Crippen LogP contribution in [0, 0.1) is 60.2 Å².